The second-order valence-electron chi connectivity index (χ2n) is 4.69. The quantitative estimate of drug-likeness (QED) is 0.792. The predicted octanol–water partition coefficient (Wildman–Crippen LogP) is 1.52. The van der Waals surface area contributed by atoms with Crippen molar-refractivity contribution in [2.45, 2.75) is 50.3 Å². The highest BCUT2D eigenvalue weighted by atomic mass is 32.2. The zero-order chi connectivity index (χ0) is 12.3. The van der Waals surface area contributed by atoms with Crippen LogP contribution in [0.2, 0.25) is 0 Å². The molecule has 4 heteroatoms. The van der Waals surface area contributed by atoms with E-state index in [-0.39, 0.29) is 29.3 Å². The Morgan fingerprint density at radius 1 is 1.25 bits per heavy atom. The van der Waals surface area contributed by atoms with Crippen molar-refractivity contribution < 1.29 is 14.9 Å². The van der Waals surface area contributed by atoms with E-state index in [1.807, 2.05) is 13.2 Å². The van der Waals surface area contributed by atoms with Gasteiger partial charge < -0.3 is 14.9 Å². The van der Waals surface area contributed by atoms with Gasteiger partial charge in [-0.3, -0.25) is 0 Å². The van der Waals surface area contributed by atoms with Gasteiger partial charge in [-0.05, 0) is 24.5 Å². The second-order valence-corrected chi connectivity index (χ2v) is 5.71. The molecular formula is C12H24O3S. The molecule has 1 saturated carbocycles. The third kappa shape index (κ3) is 2.55. The Morgan fingerprint density at radius 3 is 2.31 bits per heavy atom. The fourth-order valence-corrected chi connectivity index (χ4v) is 3.83. The van der Waals surface area contributed by atoms with Gasteiger partial charge in [-0.15, -0.1) is 0 Å². The molecule has 0 heterocycles. The minimum Gasteiger partial charge on any atom is -0.392 e. The zero-order valence-corrected chi connectivity index (χ0v) is 11.4. The number of rotatable bonds is 4. The molecule has 16 heavy (non-hydrogen) atoms. The summed E-state index contributed by atoms with van der Waals surface area (Å²) in [6.45, 7) is 4.12. The summed E-state index contributed by atoms with van der Waals surface area (Å²) in [7, 11) is 1.61. The number of methoxy groups -OCH3 is 1. The lowest BCUT2D eigenvalue weighted by molar-refractivity contribution is -0.120. The Labute approximate surface area is 103 Å². The number of hydrogen-bond acceptors (Lipinski definition) is 4. The monoisotopic (exact) mass is 248 g/mol. The number of ether oxygens (including phenoxy) is 1. The van der Waals surface area contributed by atoms with E-state index in [0.717, 1.165) is 12.8 Å². The lowest BCUT2D eigenvalue weighted by Gasteiger charge is -2.46. The van der Waals surface area contributed by atoms with Crippen molar-refractivity contribution >= 4 is 11.8 Å². The molecule has 1 aliphatic rings. The maximum absolute atomic E-state index is 10.3. The fourth-order valence-electron chi connectivity index (χ4n) is 2.81. The lowest BCUT2D eigenvalue weighted by Crippen LogP contribution is -2.57. The average Bonchev–Trinajstić information content (AvgIpc) is 2.29. The summed E-state index contributed by atoms with van der Waals surface area (Å²) in [6, 6.07) is 0. The van der Waals surface area contributed by atoms with Crippen LogP contribution in [0.5, 0.6) is 0 Å². The third-order valence-corrected chi connectivity index (χ3v) is 4.91. The van der Waals surface area contributed by atoms with Crippen LogP contribution < -0.4 is 0 Å². The molecule has 0 bridgehead atoms. The maximum atomic E-state index is 10.3. The van der Waals surface area contributed by atoms with Gasteiger partial charge in [-0.1, -0.05) is 20.3 Å². The van der Waals surface area contributed by atoms with E-state index in [1.54, 1.807) is 18.9 Å². The van der Waals surface area contributed by atoms with Crippen molar-refractivity contribution in [2.24, 2.45) is 11.8 Å². The molecule has 0 amide bonds. The summed E-state index contributed by atoms with van der Waals surface area (Å²) in [5.41, 5.74) is 0. The van der Waals surface area contributed by atoms with Gasteiger partial charge in [0, 0.05) is 7.11 Å². The first-order valence-electron chi connectivity index (χ1n) is 6.00. The molecule has 1 rings (SSSR count). The number of hydrogen-bond donors (Lipinski definition) is 2. The van der Waals surface area contributed by atoms with Crippen molar-refractivity contribution in [1.29, 1.82) is 0 Å². The van der Waals surface area contributed by atoms with Crippen LogP contribution in [0.3, 0.4) is 0 Å². The Hall–Kier alpha value is 0.230. The first-order chi connectivity index (χ1) is 7.58. The van der Waals surface area contributed by atoms with Gasteiger partial charge >= 0.3 is 0 Å². The molecule has 0 saturated heterocycles. The highest BCUT2D eigenvalue weighted by Gasteiger charge is 2.47. The van der Waals surface area contributed by atoms with E-state index in [9.17, 15) is 10.2 Å². The summed E-state index contributed by atoms with van der Waals surface area (Å²) in [6.07, 6.45) is 2.87. The number of aliphatic hydroxyl groups excluding tert-OH is 2. The van der Waals surface area contributed by atoms with Crippen molar-refractivity contribution in [1.82, 2.24) is 0 Å². The molecule has 0 radical (unpaired) electrons. The first kappa shape index (κ1) is 14.3. The van der Waals surface area contributed by atoms with E-state index < -0.39 is 6.10 Å². The van der Waals surface area contributed by atoms with Gasteiger partial charge in [0.2, 0.25) is 0 Å². The maximum Gasteiger partial charge on any atom is 0.0976 e. The molecule has 0 aliphatic heterocycles. The van der Waals surface area contributed by atoms with E-state index in [1.165, 1.54) is 0 Å². The number of thioether (sulfide) groups is 1. The third-order valence-electron chi connectivity index (χ3n) is 3.82. The molecule has 96 valence electrons. The summed E-state index contributed by atoms with van der Waals surface area (Å²) in [4.78, 5) is 0. The molecule has 0 aromatic carbocycles. The van der Waals surface area contributed by atoms with Crippen LogP contribution in [0.1, 0.15) is 26.7 Å². The largest absolute Gasteiger partial charge is 0.392 e. The van der Waals surface area contributed by atoms with Crippen LogP contribution in [-0.4, -0.2) is 47.1 Å². The summed E-state index contributed by atoms with van der Waals surface area (Å²) in [5.74, 6) is 0.284. The Balaban J connectivity index is 2.85. The van der Waals surface area contributed by atoms with Crippen LogP contribution in [0.4, 0.5) is 0 Å². The average molecular weight is 248 g/mol. The molecular weight excluding hydrogens is 224 g/mol. The summed E-state index contributed by atoms with van der Waals surface area (Å²) in [5, 5.41) is 20.5. The summed E-state index contributed by atoms with van der Waals surface area (Å²) >= 11 is 1.59. The molecule has 0 aromatic rings. The Kier molecular flexibility index (Phi) is 5.57. The topological polar surface area (TPSA) is 49.7 Å². The van der Waals surface area contributed by atoms with Crippen LogP contribution in [0.15, 0.2) is 0 Å². The number of aliphatic hydroxyl groups is 2. The van der Waals surface area contributed by atoms with Crippen molar-refractivity contribution in [3.63, 3.8) is 0 Å². The first-order valence-corrected chi connectivity index (χ1v) is 7.28. The molecule has 1 fully saturated rings. The van der Waals surface area contributed by atoms with Crippen LogP contribution in [0.25, 0.3) is 0 Å². The smallest absolute Gasteiger partial charge is 0.0976 e. The van der Waals surface area contributed by atoms with E-state index in [2.05, 4.69) is 6.92 Å². The van der Waals surface area contributed by atoms with Crippen molar-refractivity contribution in [3.05, 3.63) is 0 Å². The molecule has 0 aromatic heterocycles. The molecule has 6 unspecified atom stereocenters. The van der Waals surface area contributed by atoms with Gasteiger partial charge in [0.15, 0.2) is 0 Å². The molecule has 3 nitrogen and oxygen atoms in total. The molecule has 6 atom stereocenters. The van der Waals surface area contributed by atoms with Gasteiger partial charge in [0.25, 0.3) is 0 Å². The lowest BCUT2D eigenvalue weighted by atomic mass is 9.72. The highest BCUT2D eigenvalue weighted by Crippen LogP contribution is 2.39. The van der Waals surface area contributed by atoms with Crippen LogP contribution >= 0.6 is 11.8 Å². The van der Waals surface area contributed by atoms with Gasteiger partial charge in [-0.25, -0.2) is 0 Å². The van der Waals surface area contributed by atoms with Crippen LogP contribution in [-0.2, 0) is 4.74 Å². The van der Waals surface area contributed by atoms with Crippen molar-refractivity contribution in [2.75, 3.05) is 13.4 Å². The normalized spacial score (nSPS) is 44.6. The molecule has 2 N–H and O–H groups in total. The SMILES string of the molecule is CCCC1C(C)C(O)C(OC)C(SC)C1O. The second kappa shape index (κ2) is 6.24. The van der Waals surface area contributed by atoms with Crippen molar-refractivity contribution in [3.8, 4) is 0 Å². The van der Waals surface area contributed by atoms with Gasteiger partial charge in [0.1, 0.15) is 0 Å². The Morgan fingerprint density at radius 2 is 1.88 bits per heavy atom. The van der Waals surface area contributed by atoms with E-state index in [0.29, 0.717) is 0 Å². The molecule has 1 aliphatic carbocycles. The predicted molar refractivity (Wildman–Crippen MR) is 67.7 cm³/mol. The fraction of sp³-hybridized carbons (Fsp3) is 1.00. The summed E-state index contributed by atoms with van der Waals surface area (Å²) < 4.78 is 5.34. The van der Waals surface area contributed by atoms with E-state index in [4.69, 9.17) is 4.74 Å². The minimum absolute atomic E-state index is 0.0206. The molecule has 0 spiro atoms. The van der Waals surface area contributed by atoms with Crippen LogP contribution in [0, 0.1) is 11.8 Å². The standard InChI is InChI=1S/C12H24O3S/c1-5-6-8-7(2)9(13)11(15-3)12(16-4)10(8)14/h7-14H,5-6H2,1-4H3. The minimum atomic E-state index is -0.470. The van der Waals surface area contributed by atoms with Gasteiger partial charge in [0.05, 0.1) is 23.6 Å². The van der Waals surface area contributed by atoms with Gasteiger partial charge in [-0.2, -0.15) is 11.8 Å². The highest BCUT2D eigenvalue weighted by molar-refractivity contribution is 7.99. The van der Waals surface area contributed by atoms with E-state index >= 15 is 0 Å². The zero-order valence-electron chi connectivity index (χ0n) is 10.6. The Bertz CT molecular complexity index is 208.